The molecule has 4 N–H and O–H groups in total. The second kappa shape index (κ2) is 11.8. The van der Waals surface area contributed by atoms with Crippen LogP contribution in [-0.2, 0) is 9.59 Å². The summed E-state index contributed by atoms with van der Waals surface area (Å²) in [4.78, 5) is 40.1. The number of aliphatic hydroxyl groups excluding tert-OH is 1. The molecule has 2 heterocycles. The number of nitrogens with zero attached hydrogens (tertiary/aromatic N) is 1. The number of carbonyl (C=O) groups is 3. The van der Waals surface area contributed by atoms with Gasteiger partial charge in [-0.1, -0.05) is 11.8 Å². The Morgan fingerprint density at radius 1 is 1.08 bits per heavy atom. The lowest BCUT2D eigenvalue weighted by molar-refractivity contribution is -0.133. The number of rotatable bonds is 6. The summed E-state index contributed by atoms with van der Waals surface area (Å²) in [5.41, 5.74) is 1.34. The van der Waals surface area contributed by atoms with Gasteiger partial charge in [0.2, 0.25) is 11.8 Å². The summed E-state index contributed by atoms with van der Waals surface area (Å²) in [6, 6.07) is 6.15. The van der Waals surface area contributed by atoms with E-state index in [0.717, 1.165) is 44.1 Å². The van der Waals surface area contributed by atoms with Gasteiger partial charge in [-0.25, -0.2) is 4.39 Å². The highest BCUT2D eigenvalue weighted by Gasteiger charge is 2.42. The number of halogens is 1. The monoisotopic (exact) mass is 524 g/mol. The van der Waals surface area contributed by atoms with E-state index in [-0.39, 0.29) is 60.7 Å². The minimum atomic E-state index is -1.02. The van der Waals surface area contributed by atoms with Crippen LogP contribution in [0.15, 0.2) is 24.3 Å². The van der Waals surface area contributed by atoms with Gasteiger partial charge in [-0.05, 0) is 69.2 Å². The van der Waals surface area contributed by atoms with Crippen molar-refractivity contribution >= 4 is 17.7 Å². The summed E-state index contributed by atoms with van der Waals surface area (Å²) >= 11 is 0. The van der Waals surface area contributed by atoms with Crippen molar-refractivity contribution in [3.8, 4) is 11.8 Å². The average Bonchev–Trinajstić information content (AvgIpc) is 3.55. The highest BCUT2D eigenvalue weighted by Crippen LogP contribution is 2.33. The SMILES string of the molecule is O=C(NC[C@H]1C[C@@H](NC(=O)[C@@H]2C[C@H](F)CN2)CN1C(=O)C1CC1)c1ccc(C#CC2CCCC(O)C2)cc1. The maximum Gasteiger partial charge on any atom is 0.251 e. The standard InChI is InChI=1S/C29H37FN4O4/c30-22-13-26(31-15-22)28(37)33-23-14-24(34(17-23)29(38)21-10-11-21)16-32-27(36)20-8-6-18(7-9-20)4-5-19-2-1-3-25(35)12-19/h6-9,19,21-26,31,35H,1-3,10-17H2,(H,32,36)(H,33,37)/t19?,22-,23+,24+,25?,26-/m0/s1. The van der Waals surface area contributed by atoms with Crippen molar-refractivity contribution in [1.29, 1.82) is 0 Å². The van der Waals surface area contributed by atoms with E-state index in [0.29, 0.717) is 25.1 Å². The van der Waals surface area contributed by atoms with E-state index in [1.807, 2.05) is 12.1 Å². The first-order chi connectivity index (χ1) is 18.4. The van der Waals surface area contributed by atoms with Crippen LogP contribution in [0.1, 0.15) is 67.3 Å². The van der Waals surface area contributed by atoms with Crippen LogP contribution in [0.5, 0.6) is 0 Å². The molecule has 1 aromatic rings. The molecule has 2 aliphatic carbocycles. The molecule has 3 amide bonds. The molecule has 2 saturated carbocycles. The number of nitrogens with one attached hydrogen (secondary N) is 3. The van der Waals surface area contributed by atoms with Crippen LogP contribution < -0.4 is 16.0 Å². The van der Waals surface area contributed by atoms with Crippen LogP contribution in [-0.4, -0.2) is 77.8 Å². The highest BCUT2D eigenvalue weighted by atomic mass is 19.1. The Labute approximate surface area is 223 Å². The topological polar surface area (TPSA) is 111 Å². The first-order valence-electron chi connectivity index (χ1n) is 13.9. The number of aliphatic hydroxyl groups is 1. The summed E-state index contributed by atoms with van der Waals surface area (Å²) in [6.45, 7) is 0.879. The third-order valence-corrected chi connectivity index (χ3v) is 8.08. The van der Waals surface area contributed by atoms with Crippen molar-refractivity contribution in [2.45, 2.75) is 81.8 Å². The number of hydrogen-bond donors (Lipinski definition) is 4. The lowest BCUT2D eigenvalue weighted by Gasteiger charge is -2.25. The van der Waals surface area contributed by atoms with Crippen LogP contribution in [0, 0.1) is 23.7 Å². The predicted molar refractivity (Wildman–Crippen MR) is 140 cm³/mol. The van der Waals surface area contributed by atoms with Gasteiger partial charge >= 0.3 is 0 Å². The van der Waals surface area contributed by atoms with E-state index >= 15 is 0 Å². The van der Waals surface area contributed by atoms with Crippen LogP contribution >= 0.6 is 0 Å². The van der Waals surface area contributed by atoms with Crippen molar-refractivity contribution in [1.82, 2.24) is 20.9 Å². The van der Waals surface area contributed by atoms with Gasteiger partial charge in [0.05, 0.1) is 18.2 Å². The molecule has 5 rings (SSSR count). The summed E-state index contributed by atoms with van der Waals surface area (Å²) < 4.78 is 13.5. The number of likely N-dealkylation sites (tertiary alicyclic amines) is 1. The molecule has 4 fully saturated rings. The van der Waals surface area contributed by atoms with E-state index in [1.54, 1.807) is 17.0 Å². The fourth-order valence-corrected chi connectivity index (χ4v) is 5.74. The molecule has 0 aromatic heterocycles. The summed E-state index contributed by atoms with van der Waals surface area (Å²) in [5, 5.41) is 18.7. The van der Waals surface area contributed by atoms with E-state index in [1.165, 1.54) is 0 Å². The average molecular weight is 525 g/mol. The fraction of sp³-hybridized carbons (Fsp3) is 0.621. The van der Waals surface area contributed by atoms with E-state index in [2.05, 4.69) is 27.8 Å². The molecule has 9 heteroatoms. The molecule has 6 atom stereocenters. The molecule has 2 aliphatic heterocycles. The summed E-state index contributed by atoms with van der Waals surface area (Å²) in [5.74, 6) is 6.27. The van der Waals surface area contributed by atoms with Gasteiger partial charge in [-0.15, -0.1) is 0 Å². The van der Waals surface area contributed by atoms with Gasteiger partial charge in [-0.3, -0.25) is 14.4 Å². The van der Waals surface area contributed by atoms with Crippen LogP contribution in [0.4, 0.5) is 4.39 Å². The minimum absolute atomic E-state index is 0.0389. The molecule has 8 nitrogen and oxygen atoms in total. The maximum absolute atomic E-state index is 13.5. The van der Waals surface area contributed by atoms with E-state index in [9.17, 15) is 23.9 Å². The lowest BCUT2D eigenvalue weighted by Crippen LogP contribution is -2.46. The van der Waals surface area contributed by atoms with Crippen LogP contribution in [0.3, 0.4) is 0 Å². The molecule has 38 heavy (non-hydrogen) atoms. The zero-order valence-corrected chi connectivity index (χ0v) is 21.6. The maximum atomic E-state index is 13.5. The van der Waals surface area contributed by atoms with Crippen molar-refractivity contribution in [2.24, 2.45) is 11.8 Å². The Kier molecular flexibility index (Phi) is 8.29. The molecule has 2 unspecified atom stereocenters. The van der Waals surface area contributed by atoms with Crippen molar-refractivity contribution in [3.63, 3.8) is 0 Å². The van der Waals surface area contributed by atoms with Gasteiger partial charge in [0, 0.05) is 55.1 Å². The Hall–Kier alpha value is -2.96. The summed E-state index contributed by atoms with van der Waals surface area (Å²) in [7, 11) is 0. The number of alkyl halides is 1. The molecule has 0 spiro atoms. The Morgan fingerprint density at radius 2 is 1.87 bits per heavy atom. The molecule has 4 aliphatic rings. The van der Waals surface area contributed by atoms with Crippen molar-refractivity contribution in [3.05, 3.63) is 35.4 Å². The fourth-order valence-electron chi connectivity index (χ4n) is 5.74. The Balaban J connectivity index is 1.15. The first-order valence-corrected chi connectivity index (χ1v) is 13.9. The van der Waals surface area contributed by atoms with Gasteiger partial charge in [0.25, 0.3) is 5.91 Å². The van der Waals surface area contributed by atoms with Crippen LogP contribution in [0.25, 0.3) is 0 Å². The molecule has 1 aromatic carbocycles. The smallest absolute Gasteiger partial charge is 0.251 e. The van der Waals surface area contributed by atoms with E-state index < -0.39 is 12.2 Å². The van der Waals surface area contributed by atoms with Gasteiger partial charge in [-0.2, -0.15) is 0 Å². The summed E-state index contributed by atoms with van der Waals surface area (Å²) in [6.07, 6.45) is 4.76. The number of amides is 3. The number of benzene rings is 1. The first kappa shape index (κ1) is 26.6. The second-order valence-corrected chi connectivity index (χ2v) is 11.2. The second-order valence-electron chi connectivity index (χ2n) is 11.2. The minimum Gasteiger partial charge on any atom is -0.393 e. The number of carbonyl (C=O) groups excluding carboxylic acids is 3. The molecule has 204 valence electrons. The quantitative estimate of drug-likeness (QED) is 0.422. The van der Waals surface area contributed by atoms with E-state index in [4.69, 9.17) is 0 Å². The molecule has 0 radical (unpaired) electrons. The molecule has 0 bridgehead atoms. The molecule has 2 saturated heterocycles. The largest absolute Gasteiger partial charge is 0.393 e. The van der Waals surface area contributed by atoms with Crippen LogP contribution in [0.2, 0.25) is 0 Å². The third-order valence-electron chi connectivity index (χ3n) is 8.08. The highest BCUT2D eigenvalue weighted by molar-refractivity contribution is 5.94. The van der Waals surface area contributed by atoms with Gasteiger partial charge in [0.1, 0.15) is 6.17 Å². The van der Waals surface area contributed by atoms with Crippen molar-refractivity contribution in [2.75, 3.05) is 19.6 Å². The normalized spacial score (nSPS) is 30.8. The third kappa shape index (κ3) is 6.72. The zero-order valence-electron chi connectivity index (χ0n) is 21.6. The van der Waals surface area contributed by atoms with Crippen molar-refractivity contribution < 1.29 is 23.9 Å². The zero-order chi connectivity index (χ0) is 26.6. The van der Waals surface area contributed by atoms with Gasteiger partial charge < -0.3 is 26.0 Å². The lowest BCUT2D eigenvalue weighted by atomic mass is 9.87. The molecular formula is C29H37FN4O4. The predicted octanol–water partition coefficient (Wildman–Crippen LogP) is 1.51. The Morgan fingerprint density at radius 3 is 2.55 bits per heavy atom. The number of hydrogen-bond acceptors (Lipinski definition) is 5. The molecular weight excluding hydrogens is 487 g/mol. The Bertz CT molecular complexity index is 1100. The van der Waals surface area contributed by atoms with Gasteiger partial charge in [0.15, 0.2) is 0 Å².